The third kappa shape index (κ3) is 6.75. The Morgan fingerprint density at radius 1 is 0.929 bits per heavy atom. The van der Waals surface area contributed by atoms with Crippen LogP contribution in [0.2, 0.25) is 0 Å². The zero-order chi connectivity index (χ0) is 20.4. The molecule has 2 amide bonds. The van der Waals surface area contributed by atoms with Crippen LogP contribution in [0.3, 0.4) is 0 Å². The Bertz CT molecular complexity index is 819. The number of carbonyl (C=O) groups is 3. The molecule has 0 saturated carbocycles. The highest BCUT2D eigenvalue weighted by Gasteiger charge is 2.14. The molecule has 2 aromatic rings. The number of hydrogen-bond donors (Lipinski definition) is 3. The van der Waals surface area contributed by atoms with Gasteiger partial charge in [0.1, 0.15) is 0 Å². The quantitative estimate of drug-likeness (QED) is 0.454. The number of hydrogen-bond acceptors (Lipinski definition) is 5. The highest BCUT2D eigenvalue weighted by molar-refractivity contribution is 5.98. The third-order valence-electron chi connectivity index (χ3n) is 3.82. The normalized spacial score (nSPS) is 10.1. The number of anilines is 3. The summed E-state index contributed by atoms with van der Waals surface area (Å²) in [6, 6.07) is 13.7. The van der Waals surface area contributed by atoms with Gasteiger partial charge in [-0.25, -0.2) is 4.79 Å². The van der Waals surface area contributed by atoms with Gasteiger partial charge < -0.3 is 20.7 Å². The first-order chi connectivity index (χ1) is 13.5. The second kappa shape index (κ2) is 10.7. The Morgan fingerprint density at radius 2 is 1.57 bits per heavy atom. The molecule has 3 N–H and O–H groups in total. The van der Waals surface area contributed by atoms with Crippen LogP contribution in [0.1, 0.15) is 37.0 Å². The molecular formula is C21H25N3O4. The van der Waals surface area contributed by atoms with Crippen LogP contribution in [0.25, 0.3) is 0 Å². The van der Waals surface area contributed by atoms with E-state index in [4.69, 9.17) is 4.74 Å². The molecule has 0 aliphatic carbocycles. The van der Waals surface area contributed by atoms with Crippen molar-refractivity contribution in [1.82, 2.24) is 0 Å². The molecule has 148 valence electrons. The van der Waals surface area contributed by atoms with Gasteiger partial charge in [-0.2, -0.15) is 0 Å². The van der Waals surface area contributed by atoms with Crippen LogP contribution in [-0.4, -0.2) is 30.9 Å². The number of rotatable bonds is 9. The Balaban J connectivity index is 1.87. The molecule has 0 aromatic heterocycles. The fourth-order valence-electron chi connectivity index (χ4n) is 2.46. The highest BCUT2D eigenvalue weighted by atomic mass is 16.5. The lowest BCUT2D eigenvalue weighted by Gasteiger charge is -2.11. The van der Waals surface area contributed by atoms with Crippen LogP contribution in [0.4, 0.5) is 17.1 Å². The molecule has 7 heteroatoms. The molecule has 0 atom stereocenters. The number of unbranched alkanes of at least 4 members (excludes halogenated alkanes) is 1. The largest absolute Gasteiger partial charge is 0.452 e. The molecule has 0 aliphatic rings. The molecule has 0 saturated heterocycles. The van der Waals surface area contributed by atoms with E-state index in [0.29, 0.717) is 22.6 Å². The van der Waals surface area contributed by atoms with Gasteiger partial charge in [-0.1, -0.05) is 25.5 Å². The predicted molar refractivity (Wildman–Crippen MR) is 109 cm³/mol. The molecule has 0 aliphatic heterocycles. The lowest BCUT2D eigenvalue weighted by Crippen LogP contribution is -2.21. The summed E-state index contributed by atoms with van der Waals surface area (Å²) in [7, 11) is 0. The first-order valence-corrected chi connectivity index (χ1v) is 9.17. The summed E-state index contributed by atoms with van der Waals surface area (Å²) >= 11 is 0. The maximum atomic E-state index is 12.3. The van der Waals surface area contributed by atoms with Crippen molar-refractivity contribution in [2.75, 3.05) is 29.1 Å². The highest BCUT2D eigenvalue weighted by Crippen LogP contribution is 2.17. The van der Waals surface area contributed by atoms with Crippen molar-refractivity contribution >= 4 is 34.8 Å². The minimum atomic E-state index is -0.559. The molecule has 28 heavy (non-hydrogen) atoms. The van der Waals surface area contributed by atoms with Crippen LogP contribution in [0, 0.1) is 0 Å². The lowest BCUT2D eigenvalue weighted by molar-refractivity contribution is -0.119. The lowest BCUT2D eigenvalue weighted by atomic mass is 10.1. The average molecular weight is 383 g/mol. The van der Waals surface area contributed by atoms with Crippen molar-refractivity contribution < 1.29 is 19.1 Å². The van der Waals surface area contributed by atoms with Gasteiger partial charge >= 0.3 is 5.97 Å². The summed E-state index contributed by atoms with van der Waals surface area (Å²) < 4.78 is 5.14. The van der Waals surface area contributed by atoms with Gasteiger partial charge in [0.05, 0.1) is 5.56 Å². The van der Waals surface area contributed by atoms with Gasteiger partial charge in [0.2, 0.25) is 5.91 Å². The average Bonchev–Trinajstić information content (AvgIpc) is 2.68. The summed E-state index contributed by atoms with van der Waals surface area (Å²) in [6.45, 7) is 3.88. The van der Waals surface area contributed by atoms with Crippen molar-refractivity contribution in [2.45, 2.75) is 26.7 Å². The van der Waals surface area contributed by atoms with E-state index >= 15 is 0 Å². The van der Waals surface area contributed by atoms with E-state index in [1.807, 2.05) is 12.1 Å². The Morgan fingerprint density at radius 3 is 2.21 bits per heavy atom. The van der Waals surface area contributed by atoms with Gasteiger partial charge in [-0.05, 0) is 42.8 Å². The van der Waals surface area contributed by atoms with E-state index in [1.165, 1.54) is 6.92 Å². The standard InChI is InChI=1S/C21H25N3O4/c1-3-4-13-22-19-8-6-5-7-18(19)21(27)28-14-20(26)24-17-11-9-16(10-12-17)23-15(2)25/h5-12,22H,3-4,13-14H2,1-2H3,(H,23,25)(H,24,26). The predicted octanol–water partition coefficient (Wildman–Crippen LogP) is 3.65. The van der Waals surface area contributed by atoms with Gasteiger partial charge in [0.25, 0.3) is 5.91 Å². The van der Waals surface area contributed by atoms with Crippen molar-refractivity contribution in [3.05, 3.63) is 54.1 Å². The maximum absolute atomic E-state index is 12.3. The second-order valence-electron chi connectivity index (χ2n) is 6.21. The number of carbonyl (C=O) groups excluding carboxylic acids is 3. The van der Waals surface area contributed by atoms with Gasteiger partial charge in [-0.3, -0.25) is 9.59 Å². The molecule has 7 nitrogen and oxygen atoms in total. The van der Waals surface area contributed by atoms with E-state index in [-0.39, 0.29) is 5.91 Å². The monoisotopic (exact) mass is 383 g/mol. The number of ether oxygens (including phenoxy) is 1. The number of nitrogens with one attached hydrogen (secondary N) is 3. The summed E-state index contributed by atoms with van der Waals surface area (Å²) in [4.78, 5) is 35.4. The Labute approximate surface area is 164 Å². The zero-order valence-corrected chi connectivity index (χ0v) is 16.1. The first-order valence-electron chi connectivity index (χ1n) is 9.17. The van der Waals surface area contributed by atoms with Crippen molar-refractivity contribution in [1.29, 1.82) is 0 Å². The van der Waals surface area contributed by atoms with E-state index in [1.54, 1.807) is 36.4 Å². The molecule has 0 radical (unpaired) electrons. The molecule has 0 unspecified atom stereocenters. The summed E-state index contributed by atoms with van der Waals surface area (Å²) in [6.07, 6.45) is 2.04. The summed E-state index contributed by atoms with van der Waals surface area (Å²) in [5, 5.41) is 8.49. The van der Waals surface area contributed by atoms with Gasteiger partial charge in [0.15, 0.2) is 6.61 Å². The molecule has 0 bridgehead atoms. The molecule has 2 rings (SSSR count). The molecule has 0 fully saturated rings. The molecular weight excluding hydrogens is 358 g/mol. The number of para-hydroxylation sites is 1. The zero-order valence-electron chi connectivity index (χ0n) is 16.1. The maximum Gasteiger partial charge on any atom is 0.340 e. The van der Waals surface area contributed by atoms with E-state index in [9.17, 15) is 14.4 Å². The van der Waals surface area contributed by atoms with Crippen LogP contribution >= 0.6 is 0 Å². The summed E-state index contributed by atoms with van der Waals surface area (Å²) in [5.74, 6) is -1.18. The molecule has 0 spiro atoms. The van der Waals surface area contributed by atoms with Crippen LogP contribution in [-0.2, 0) is 14.3 Å². The number of benzene rings is 2. The summed E-state index contributed by atoms with van der Waals surface area (Å²) in [5.41, 5.74) is 2.25. The van der Waals surface area contributed by atoms with E-state index < -0.39 is 18.5 Å². The minimum absolute atomic E-state index is 0.173. The number of esters is 1. The van der Waals surface area contributed by atoms with Gasteiger partial charge in [0, 0.05) is 30.5 Å². The van der Waals surface area contributed by atoms with E-state index in [0.717, 1.165) is 19.4 Å². The molecule has 2 aromatic carbocycles. The molecule has 0 heterocycles. The second-order valence-corrected chi connectivity index (χ2v) is 6.21. The van der Waals surface area contributed by atoms with E-state index in [2.05, 4.69) is 22.9 Å². The fourth-order valence-corrected chi connectivity index (χ4v) is 2.46. The third-order valence-corrected chi connectivity index (χ3v) is 3.82. The topological polar surface area (TPSA) is 96.5 Å². The Kier molecular flexibility index (Phi) is 8.02. The smallest absolute Gasteiger partial charge is 0.340 e. The van der Waals surface area contributed by atoms with Gasteiger partial charge in [-0.15, -0.1) is 0 Å². The number of amides is 2. The minimum Gasteiger partial charge on any atom is -0.452 e. The first kappa shape index (κ1) is 21.0. The SMILES string of the molecule is CCCCNc1ccccc1C(=O)OCC(=O)Nc1ccc(NC(C)=O)cc1. The van der Waals surface area contributed by atoms with Crippen molar-refractivity contribution in [3.8, 4) is 0 Å². The van der Waals surface area contributed by atoms with Crippen molar-refractivity contribution in [3.63, 3.8) is 0 Å². The van der Waals surface area contributed by atoms with Crippen LogP contribution < -0.4 is 16.0 Å². The van der Waals surface area contributed by atoms with Crippen LogP contribution in [0.5, 0.6) is 0 Å². The van der Waals surface area contributed by atoms with Crippen LogP contribution in [0.15, 0.2) is 48.5 Å². The Hall–Kier alpha value is -3.35. The fraction of sp³-hybridized carbons (Fsp3) is 0.286. The van der Waals surface area contributed by atoms with Crippen molar-refractivity contribution in [2.24, 2.45) is 0 Å².